The molecule has 2 heterocycles. The minimum Gasteiger partial charge on any atom is -0.494 e. The summed E-state index contributed by atoms with van der Waals surface area (Å²) >= 11 is 0. The number of ether oxygens (including phenoxy) is 1. The van der Waals surface area contributed by atoms with Gasteiger partial charge in [-0.2, -0.15) is 0 Å². The van der Waals surface area contributed by atoms with Crippen LogP contribution in [0.1, 0.15) is 42.9 Å². The van der Waals surface area contributed by atoms with Crippen LogP contribution in [0, 0.1) is 0 Å². The zero-order chi connectivity index (χ0) is 21.9. The van der Waals surface area contributed by atoms with Gasteiger partial charge < -0.3 is 14.6 Å². The van der Waals surface area contributed by atoms with E-state index in [1.54, 1.807) is 6.20 Å². The van der Waals surface area contributed by atoms with Crippen molar-refractivity contribution in [1.82, 2.24) is 14.5 Å². The summed E-state index contributed by atoms with van der Waals surface area (Å²) in [6.07, 6.45) is 7.90. The third kappa shape index (κ3) is 4.21. The van der Waals surface area contributed by atoms with Crippen LogP contribution in [0.2, 0.25) is 0 Å². The normalized spacial score (nSPS) is 17.7. The van der Waals surface area contributed by atoms with E-state index in [0.29, 0.717) is 30.8 Å². The highest BCUT2D eigenvalue weighted by molar-refractivity contribution is 5.92. The highest BCUT2D eigenvalue weighted by Crippen LogP contribution is 2.47. The van der Waals surface area contributed by atoms with Crippen LogP contribution in [-0.2, 0) is 11.2 Å². The fraction of sp³-hybridized carbons (Fsp3) is 0.269. The van der Waals surface area contributed by atoms with Gasteiger partial charge in [0, 0.05) is 23.8 Å². The molecule has 0 aliphatic heterocycles. The maximum absolute atomic E-state index is 12.5. The molecular weight excluding hydrogens is 400 g/mol. The molecule has 2 aromatic carbocycles. The van der Waals surface area contributed by atoms with Crippen molar-refractivity contribution >= 4 is 22.6 Å². The molecule has 1 N–H and O–H groups in total. The minimum absolute atomic E-state index is 0.0735. The van der Waals surface area contributed by atoms with Crippen molar-refractivity contribution in [2.24, 2.45) is 0 Å². The van der Waals surface area contributed by atoms with Crippen molar-refractivity contribution in [3.63, 3.8) is 0 Å². The number of hydrogen-bond donors (Lipinski definition) is 1. The molecule has 1 fully saturated rings. The van der Waals surface area contributed by atoms with Gasteiger partial charge in [0.05, 0.1) is 24.9 Å². The lowest BCUT2D eigenvalue weighted by Gasteiger charge is -2.37. The van der Waals surface area contributed by atoms with E-state index in [1.807, 2.05) is 61.9 Å². The Bertz CT molecular complexity index is 1240. The lowest BCUT2D eigenvalue weighted by atomic mass is 9.75. The molecule has 0 unspecified atom stereocenters. The number of nitrogens with zero attached hydrogens (tertiary/aromatic N) is 3. The molecule has 32 heavy (non-hydrogen) atoms. The number of hydrogen-bond acceptors (Lipinski definition) is 4. The van der Waals surface area contributed by atoms with Crippen LogP contribution in [0.5, 0.6) is 5.75 Å². The predicted molar refractivity (Wildman–Crippen MR) is 125 cm³/mol. The molecular formula is C26H26N4O2. The van der Waals surface area contributed by atoms with E-state index in [4.69, 9.17) is 4.74 Å². The van der Waals surface area contributed by atoms with Crippen molar-refractivity contribution in [3.05, 3.63) is 84.4 Å². The molecule has 4 aromatic rings. The molecule has 2 aromatic heterocycles. The van der Waals surface area contributed by atoms with Gasteiger partial charge in [-0.05, 0) is 61.1 Å². The minimum atomic E-state index is -0.0735. The third-order valence-corrected chi connectivity index (χ3v) is 6.09. The highest BCUT2D eigenvalue weighted by atomic mass is 16.5. The molecule has 0 spiro atoms. The van der Waals surface area contributed by atoms with Gasteiger partial charge >= 0.3 is 0 Å². The fourth-order valence-corrected chi connectivity index (χ4v) is 4.40. The van der Waals surface area contributed by atoms with Gasteiger partial charge in [-0.1, -0.05) is 30.3 Å². The molecule has 0 radical (unpaired) electrons. The Labute approximate surface area is 187 Å². The van der Waals surface area contributed by atoms with Gasteiger partial charge in [0.2, 0.25) is 5.91 Å². The van der Waals surface area contributed by atoms with Crippen molar-refractivity contribution in [2.75, 3.05) is 11.9 Å². The Morgan fingerprint density at radius 1 is 1.12 bits per heavy atom. The molecule has 162 valence electrons. The maximum Gasteiger partial charge on any atom is 0.229 e. The van der Waals surface area contributed by atoms with E-state index >= 15 is 0 Å². The molecule has 0 bridgehead atoms. The number of para-hydroxylation sites is 1. The van der Waals surface area contributed by atoms with Crippen molar-refractivity contribution in [1.29, 1.82) is 0 Å². The number of fused-ring (bicyclic) bond motifs is 1. The quantitative estimate of drug-likeness (QED) is 0.445. The molecule has 0 atom stereocenters. The first kappa shape index (κ1) is 20.2. The van der Waals surface area contributed by atoms with Gasteiger partial charge in [-0.15, -0.1) is 0 Å². The first-order chi connectivity index (χ1) is 15.7. The average Bonchev–Trinajstić information content (AvgIpc) is 3.21. The van der Waals surface area contributed by atoms with Crippen LogP contribution >= 0.6 is 0 Å². The smallest absolute Gasteiger partial charge is 0.229 e. The predicted octanol–water partition coefficient (Wildman–Crippen LogP) is 5.13. The van der Waals surface area contributed by atoms with Crippen LogP contribution < -0.4 is 10.1 Å². The topological polar surface area (TPSA) is 69.0 Å². The van der Waals surface area contributed by atoms with Gasteiger partial charge in [-0.3, -0.25) is 9.78 Å². The van der Waals surface area contributed by atoms with E-state index < -0.39 is 0 Å². The van der Waals surface area contributed by atoms with E-state index in [0.717, 1.165) is 35.1 Å². The van der Waals surface area contributed by atoms with Gasteiger partial charge in [-0.25, -0.2) is 4.98 Å². The first-order valence-electron chi connectivity index (χ1n) is 11.1. The highest BCUT2D eigenvalue weighted by Gasteiger charge is 2.33. The van der Waals surface area contributed by atoms with Crippen LogP contribution in [0.3, 0.4) is 0 Å². The monoisotopic (exact) mass is 426 g/mol. The van der Waals surface area contributed by atoms with E-state index in [-0.39, 0.29) is 5.91 Å². The average molecular weight is 427 g/mol. The Morgan fingerprint density at radius 3 is 2.88 bits per heavy atom. The summed E-state index contributed by atoms with van der Waals surface area (Å²) in [5.41, 5.74) is 3.17. The lowest BCUT2D eigenvalue weighted by Crippen LogP contribution is -2.25. The molecule has 6 nitrogen and oxygen atoms in total. The summed E-state index contributed by atoms with van der Waals surface area (Å²) in [5, 5.41) is 3.96. The van der Waals surface area contributed by atoms with Crippen LogP contribution in [-0.4, -0.2) is 27.0 Å². The van der Waals surface area contributed by atoms with E-state index in [9.17, 15) is 4.79 Å². The zero-order valence-electron chi connectivity index (χ0n) is 18.1. The summed E-state index contributed by atoms with van der Waals surface area (Å²) < 4.78 is 7.89. The van der Waals surface area contributed by atoms with E-state index in [2.05, 4.69) is 32.0 Å². The fourth-order valence-electron chi connectivity index (χ4n) is 4.40. The standard InChI is InChI=1S/C26H26N4O2/c1-2-32-24-8-4-3-7-22(24)20-14-21(15-20)30-16-25(28-17-30)29-26(31)13-18-9-10-23-19(12-18)6-5-11-27-23/h3-12,16-17,20-21H,2,13-15H2,1H3,(H,29,31). The molecule has 1 aliphatic rings. The Balaban J connectivity index is 1.18. The maximum atomic E-state index is 12.5. The number of carbonyl (C=O) groups excluding carboxylic acids is 1. The molecule has 0 saturated heterocycles. The number of aromatic nitrogens is 3. The van der Waals surface area contributed by atoms with Crippen LogP contribution in [0.4, 0.5) is 5.82 Å². The SMILES string of the molecule is CCOc1ccccc1C1CC(n2cnc(NC(=O)Cc3ccc4ncccc4c3)c2)C1. The summed E-state index contributed by atoms with van der Waals surface area (Å²) in [5.74, 6) is 2.00. The second-order valence-electron chi connectivity index (χ2n) is 8.25. The Kier molecular flexibility index (Phi) is 5.58. The first-order valence-corrected chi connectivity index (χ1v) is 11.1. The van der Waals surface area contributed by atoms with Crippen molar-refractivity contribution in [2.45, 2.75) is 38.1 Å². The number of rotatable bonds is 7. The third-order valence-electron chi connectivity index (χ3n) is 6.09. The van der Waals surface area contributed by atoms with Gasteiger partial charge in [0.15, 0.2) is 5.82 Å². The summed E-state index contributed by atoms with van der Waals surface area (Å²) in [4.78, 5) is 21.2. The number of amides is 1. The van der Waals surface area contributed by atoms with Crippen LogP contribution in [0.15, 0.2) is 73.3 Å². The number of anilines is 1. The number of nitrogens with one attached hydrogen (secondary N) is 1. The number of imidazole rings is 1. The number of benzene rings is 2. The lowest BCUT2D eigenvalue weighted by molar-refractivity contribution is -0.115. The number of carbonyl (C=O) groups is 1. The second kappa shape index (κ2) is 8.83. The summed E-state index contributed by atoms with van der Waals surface area (Å²) in [6, 6.07) is 18.5. The summed E-state index contributed by atoms with van der Waals surface area (Å²) in [7, 11) is 0. The van der Waals surface area contributed by atoms with Crippen molar-refractivity contribution in [3.8, 4) is 5.75 Å². The van der Waals surface area contributed by atoms with Crippen LogP contribution in [0.25, 0.3) is 10.9 Å². The number of pyridine rings is 1. The Hall–Kier alpha value is -3.67. The molecule has 1 amide bonds. The largest absolute Gasteiger partial charge is 0.494 e. The molecule has 1 aliphatic carbocycles. The molecule has 5 rings (SSSR count). The second-order valence-corrected chi connectivity index (χ2v) is 8.25. The van der Waals surface area contributed by atoms with Gasteiger partial charge in [0.25, 0.3) is 0 Å². The van der Waals surface area contributed by atoms with E-state index in [1.165, 1.54) is 5.56 Å². The summed E-state index contributed by atoms with van der Waals surface area (Å²) in [6.45, 7) is 2.69. The Morgan fingerprint density at radius 2 is 2.00 bits per heavy atom. The zero-order valence-corrected chi connectivity index (χ0v) is 18.1. The van der Waals surface area contributed by atoms with Gasteiger partial charge in [0.1, 0.15) is 5.75 Å². The van der Waals surface area contributed by atoms with Crippen molar-refractivity contribution < 1.29 is 9.53 Å². The molecule has 1 saturated carbocycles. The molecule has 6 heteroatoms.